The van der Waals surface area contributed by atoms with Crippen molar-refractivity contribution in [1.29, 1.82) is 0 Å². The van der Waals surface area contributed by atoms with Gasteiger partial charge >= 0.3 is 0 Å². The van der Waals surface area contributed by atoms with E-state index in [1.54, 1.807) is 23.0 Å². The topological polar surface area (TPSA) is 88.1 Å². The average molecular weight is 368 g/mol. The van der Waals surface area contributed by atoms with Gasteiger partial charge in [0.15, 0.2) is 18.2 Å². The molecule has 0 fully saturated rings. The van der Waals surface area contributed by atoms with E-state index in [9.17, 15) is 4.79 Å². The fourth-order valence-corrected chi connectivity index (χ4v) is 2.58. The SMILES string of the molecule is Cc1ccc(C)c(OCn2ccc(C(=O)Nc3cc(CN(C)C)[nH]n3)n2)c1. The number of aryl methyl sites for hydroxylation is 2. The minimum Gasteiger partial charge on any atom is -0.471 e. The minimum absolute atomic E-state index is 0.229. The molecule has 1 amide bonds. The molecule has 0 radical (unpaired) electrons. The van der Waals surface area contributed by atoms with Gasteiger partial charge in [0.1, 0.15) is 5.75 Å². The maximum Gasteiger partial charge on any atom is 0.277 e. The van der Waals surface area contributed by atoms with Crippen LogP contribution in [-0.4, -0.2) is 44.9 Å². The number of aromatic amines is 1. The van der Waals surface area contributed by atoms with Gasteiger partial charge in [-0.1, -0.05) is 12.1 Å². The van der Waals surface area contributed by atoms with Crippen molar-refractivity contribution in [3.05, 3.63) is 59.0 Å². The number of ether oxygens (including phenoxy) is 1. The Hall–Kier alpha value is -3.13. The second-order valence-corrected chi connectivity index (χ2v) is 6.75. The summed E-state index contributed by atoms with van der Waals surface area (Å²) < 4.78 is 7.38. The van der Waals surface area contributed by atoms with E-state index in [2.05, 4.69) is 20.6 Å². The second-order valence-electron chi connectivity index (χ2n) is 6.75. The van der Waals surface area contributed by atoms with E-state index in [0.29, 0.717) is 18.1 Å². The lowest BCUT2D eigenvalue weighted by Crippen LogP contribution is -2.14. The van der Waals surface area contributed by atoms with Gasteiger partial charge < -0.3 is 15.0 Å². The third-order valence-electron chi connectivity index (χ3n) is 3.93. The van der Waals surface area contributed by atoms with E-state index in [1.165, 1.54) is 0 Å². The van der Waals surface area contributed by atoms with Crippen molar-refractivity contribution >= 4 is 11.7 Å². The molecule has 8 heteroatoms. The number of hydrogen-bond acceptors (Lipinski definition) is 5. The number of anilines is 1. The first-order valence-electron chi connectivity index (χ1n) is 8.64. The van der Waals surface area contributed by atoms with E-state index in [0.717, 1.165) is 22.6 Å². The van der Waals surface area contributed by atoms with Gasteiger partial charge in [0, 0.05) is 18.8 Å². The molecule has 0 bridgehead atoms. The molecule has 142 valence electrons. The fraction of sp³-hybridized carbons (Fsp3) is 0.316. The number of rotatable bonds is 7. The normalized spacial score (nSPS) is 11.0. The predicted octanol–water partition coefficient (Wildman–Crippen LogP) is 2.57. The Balaban J connectivity index is 1.59. The molecule has 2 N–H and O–H groups in total. The number of nitrogens with zero attached hydrogens (tertiary/aromatic N) is 4. The summed E-state index contributed by atoms with van der Waals surface area (Å²) in [6.07, 6.45) is 1.71. The number of aromatic nitrogens is 4. The number of benzene rings is 1. The highest BCUT2D eigenvalue weighted by Crippen LogP contribution is 2.19. The highest BCUT2D eigenvalue weighted by Gasteiger charge is 2.12. The Bertz CT molecular complexity index is 928. The molecular formula is C19H24N6O2. The summed E-state index contributed by atoms with van der Waals surface area (Å²) in [5, 5.41) is 14.0. The van der Waals surface area contributed by atoms with Crippen LogP contribution in [0.15, 0.2) is 36.5 Å². The lowest BCUT2D eigenvalue weighted by Gasteiger charge is -2.09. The number of amides is 1. The van der Waals surface area contributed by atoms with Crippen LogP contribution in [0.25, 0.3) is 0 Å². The van der Waals surface area contributed by atoms with Gasteiger partial charge in [-0.05, 0) is 51.2 Å². The number of carbonyl (C=O) groups excluding carboxylic acids is 1. The highest BCUT2D eigenvalue weighted by molar-refractivity contribution is 6.02. The molecule has 0 saturated heterocycles. The van der Waals surface area contributed by atoms with Crippen LogP contribution in [0.2, 0.25) is 0 Å². The first-order chi connectivity index (χ1) is 12.9. The van der Waals surface area contributed by atoms with E-state index in [1.807, 2.05) is 51.0 Å². The van der Waals surface area contributed by atoms with Crippen LogP contribution >= 0.6 is 0 Å². The van der Waals surface area contributed by atoms with E-state index < -0.39 is 0 Å². The molecule has 1 aromatic carbocycles. The van der Waals surface area contributed by atoms with Gasteiger partial charge in [-0.25, -0.2) is 4.68 Å². The summed E-state index contributed by atoms with van der Waals surface area (Å²) in [4.78, 5) is 14.4. The molecule has 8 nitrogen and oxygen atoms in total. The zero-order valence-corrected chi connectivity index (χ0v) is 16.0. The molecule has 0 saturated carbocycles. The zero-order chi connectivity index (χ0) is 19.4. The molecule has 3 rings (SSSR count). The Morgan fingerprint density at radius 3 is 2.85 bits per heavy atom. The summed E-state index contributed by atoms with van der Waals surface area (Å²) in [6.45, 7) is 4.95. The average Bonchev–Trinajstić information content (AvgIpc) is 3.25. The van der Waals surface area contributed by atoms with E-state index in [4.69, 9.17) is 4.74 Å². The molecule has 0 spiro atoms. The van der Waals surface area contributed by atoms with E-state index >= 15 is 0 Å². The first kappa shape index (κ1) is 18.7. The summed E-state index contributed by atoms with van der Waals surface area (Å²) in [6, 6.07) is 9.49. The van der Waals surface area contributed by atoms with Crippen LogP contribution < -0.4 is 10.1 Å². The molecule has 0 aliphatic rings. The van der Waals surface area contributed by atoms with Gasteiger partial charge in [0.25, 0.3) is 5.91 Å². The molecule has 0 aliphatic carbocycles. The lowest BCUT2D eigenvalue weighted by atomic mass is 10.1. The Kier molecular flexibility index (Phi) is 5.56. The molecule has 0 unspecified atom stereocenters. The van der Waals surface area contributed by atoms with Gasteiger partial charge in [-0.3, -0.25) is 9.89 Å². The zero-order valence-electron chi connectivity index (χ0n) is 16.0. The number of hydrogen-bond donors (Lipinski definition) is 2. The quantitative estimate of drug-likeness (QED) is 0.669. The van der Waals surface area contributed by atoms with Crippen LogP contribution in [-0.2, 0) is 13.3 Å². The number of H-pyrrole nitrogens is 1. The maximum atomic E-state index is 12.3. The monoisotopic (exact) mass is 368 g/mol. The summed E-state index contributed by atoms with van der Waals surface area (Å²) in [5.41, 5.74) is 3.40. The van der Waals surface area contributed by atoms with Crippen molar-refractivity contribution in [3.63, 3.8) is 0 Å². The molecule has 0 atom stereocenters. The van der Waals surface area contributed by atoms with Crippen LogP contribution in [0.3, 0.4) is 0 Å². The van der Waals surface area contributed by atoms with Gasteiger partial charge in [0.05, 0.1) is 5.69 Å². The Morgan fingerprint density at radius 2 is 2.07 bits per heavy atom. The van der Waals surface area contributed by atoms with Crippen LogP contribution in [0.1, 0.15) is 27.3 Å². The Labute approximate surface area is 158 Å². The number of nitrogens with one attached hydrogen (secondary N) is 2. The fourth-order valence-electron chi connectivity index (χ4n) is 2.58. The second kappa shape index (κ2) is 8.05. The van der Waals surface area contributed by atoms with Gasteiger partial charge in [-0.15, -0.1) is 0 Å². The molecular weight excluding hydrogens is 344 g/mol. The van der Waals surface area contributed by atoms with E-state index in [-0.39, 0.29) is 12.6 Å². The predicted molar refractivity (Wildman–Crippen MR) is 103 cm³/mol. The number of carbonyl (C=O) groups is 1. The van der Waals surface area contributed by atoms with Gasteiger partial charge in [0.2, 0.25) is 0 Å². The molecule has 3 aromatic rings. The standard InChI is InChI=1S/C19H24N6O2/c1-13-5-6-14(2)17(9-13)27-12-25-8-7-16(23-25)19(26)20-18-10-15(21-22-18)11-24(3)4/h5-10H,11-12H2,1-4H3,(H2,20,21,22,26). The minimum atomic E-state index is -0.316. The largest absolute Gasteiger partial charge is 0.471 e. The van der Waals surface area contributed by atoms with Crippen molar-refractivity contribution in [3.8, 4) is 5.75 Å². The summed E-state index contributed by atoms with van der Waals surface area (Å²) in [5.74, 6) is 0.961. The Morgan fingerprint density at radius 1 is 1.26 bits per heavy atom. The first-order valence-corrected chi connectivity index (χ1v) is 8.64. The maximum absolute atomic E-state index is 12.3. The summed E-state index contributed by atoms with van der Waals surface area (Å²) >= 11 is 0. The molecule has 2 aromatic heterocycles. The van der Waals surface area contributed by atoms with Crippen molar-refractivity contribution in [1.82, 2.24) is 24.9 Å². The van der Waals surface area contributed by atoms with Crippen LogP contribution in [0, 0.1) is 13.8 Å². The molecule has 0 aliphatic heterocycles. The van der Waals surface area contributed by atoms with Crippen LogP contribution in [0.4, 0.5) is 5.82 Å². The van der Waals surface area contributed by atoms with Crippen molar-refractivity contribution in [2.24, 2.45) is 0 Å². The molecule has 2 heterocycles. The van der Waals surface area contributed by atoms with Crippen molar-refractivity contribution in [2.75, 3.05) is 19.4 Å². The highest BCUT2D eigenvalue weighted by atomic mass is 16.5. The third-order valence-corrected chi connectivity index (χ3v) is 3.93. The van der Waals surface area contributed by atoms with Gasteiger partial charge in [-0.2, -0.15) is 10.2 Å². The van der Waals surface area contributed by atoms with Crippen molar-refractivity contribution in [2.45, 2.75) is 27.1 Å². The molecule has 27 heavy (non-hydrogen) atoms. The smallest absolute Gasteiger partial charge is 0.277 e. The summed E-state index contributed by atoms with van der Waals surface area (Å²) in [7, 11) is 3.93. The van der Waals surface area contributed by atoms with Crippen molar-refractivity contribution < 1.29 is 9.53 Å². The third kappa shape index (κ3) is 4.95. The van der Waals surface area contributed by atoms with Crippen LogP contribution in [0.5, 0.6) is 5.75 Å². The lowest BCUT2D eigenvalue weighted by molar-refractivity contribution is 0.102.